The standard InChI is InChI=1S/C18H29NO/c1-13(2)16-9-7-10-17(14(3)4)18(16)19-12-15-8-5-6-11-20-15/h7,9-10,13-15,19H,5-6,8,11-12H2,1-4H3. The molecule has 1 aromatic carbocycles. The molecule has 2 nitrogen and oxygen atoms in total. The molecule has 0 aromatic heterocycles. The molecule has 1 aliphatic rings. The Kier molecular flexibility index (Phi) is 5.47. The fourth-order valence-corrected chi connectivity index (χ4v) is 2.94. The largest absolute Gasteiger partial charge is 0.382 e. The summed E-state index contributed by atoms with van der Waals surface area (Å²) in [6.07, 6.45) is 4.09. The summed E-state index contributed by atoms with van der Waals surface area (Å²) in [5, 5.41) is 3.69. The second kappa shape index (κ2) is 7.12. The number of nitrogens with one attached hydrogen (secondary N) is 1. The second-order valence-electron chi connectivity index (χ2n) is 6.49. The molecule has 20 heavy (non-hydrogen) atoms. The molecule has 1 saturated heterocycles. The maximum Gasteiger partial charge on any atom is 0.0747 e. The summed E-state index contributed by atoms with van der Waals surface area (Å²) in [6.45, 7) is 10.9. The van der Waals surface area contributed by atoms with Crippen molar-refractivity contribution in [2.24, 2.45) is 0 Å². The van der Waals surface area contributed by atoms with Crippen LogP contribution in [0.25, 0.3) is 0 Å². The van der Waals surface area contributed by atoms with Gasteiger partial charge in [-0.25, -0.2) is 0 Å². The van der Waals surface area contributed by atoms with Crippen LogP contribution in [0.15, 0.2) is 18.2 Å². The maximum atomic E-state index is 5.84. The summed E-state index contributed by atoms with van der Waals surface area (Å²) in [7, 11) is 0. The van der Waals surface area contributed by atoms with E-state index in [1.165, 1.54) is 36.1 Å². The van der Waals surface area contributed by atoms with Gasteiger partial charge in [-0.1, -0.05) is 45.9 Å². The molecule has 0 amide bonds. The zero-order valence-electron chi connectivity index (χ0n) is 13.4. The van der Waals surface area contributed by atoms with E-state index in [-0.39, 0.29) is 0 Å². The number of benzene rings is 1. The normalized spacial score (nSPS) is 19.6. The van der Waals surface area contributed by atoms with E-state index in [2.05, 4.69) is 51.2 Å². The molecule has 2 heteroatoms. The number of ether oxygens (including phenoxy) is 1. The van der Waals surface area contributed by atoms with Crippen molar-refractivity contribution in [2.75, 3.05) is 18.5 Å². The molecule has 1 N–H and O–H groups in total. The maximum absolute atomic E-state index is 5.84. The molecule has 0 bridgehead atoms. The van der Waals surface area contributed by atoms with Crippen LogP contribution in [0, 0.1) is 0 Å². The number of rotatable bonds is 5. The van der Waals surface area contributed by atoms with Crippen LogP contribution in [0.3, 0.4) is 0 Å². The van der Waals surface area contributed by atoms with Crippen molar-refractivity contribution in [1.29, 1.82) is 0 Å². The van der Waals surface area contributed by atoms with Gasteiger partial charge in [0.05, 0.1) is 6.10 Å². The van der Waals surface area contributed by atoms with Crippen LogP contribution in [-0.4, -0.2) is 19.3 Å². The molecular weight excluding hydrogens is 246 g/mol. The molecule has 1 aromatic rings. The van der Waals surface area contributed by atoms with Crippen LogP contribution in [0.1, 0.15) is 69.9 Å². The minimum atomic E-state index is 0.379. The summed E-state index contributed by atoms with van der Waals surface area (Å²) < 4.78 is 5.84. The third-order valence-corrected chi connectivity index (χ3v) is 4.15. The first-order valence-electron chi connectivity index (χ1n) is 8.08. The number of anilines is 1. The Morgan fingerprint density at radius 1 is 1.10 bits per heavy atom. The van der Waals surface area contributed by atoms with E-state index in [1.54, 1.807) is 0 Å². The van der Waals surface area contributed by atoms with Crippen LogP contribution in [0.4, 0.5) is 5.69 Å². The molecule has 0 radical (unpaired) electrons. The van der Waals surface area contributed by atoms with Gasteiger partial charge in [0.2, 0.25) is 0 Å². The topological polar surface area (TPSA) is 21.3 Å². The number of hydrogen-bond acceptors (Lipinski definition) is 2. The van der Waals surface area contributed by atoms with E-state index in [0.717, 1.165) is 13.2 Å². The van der Waals surface area contributed by atoms with Gasteiger partial charge in [0, 0.05) is 18.8 Å². The van der Waals surface area contributed by atoms with Crippen molar-refractivity contribution in [2.45, 2.75) is 64.9 Å². The highest BCUT2D eigenvalue weighted by Gasteiger charge is 2.17. The van der Waals surface area contributed by atoms with Gasteiger partial charge in [0.15, 0.2) is 0 Å². The zero-order chi connectivity index (χ0) is 14.5. The molecule has 1 atom stereocenters. The fraction of sp³-hybridized carbons (Fsp3) is 0.667. The van der Waals surface area contributed by atoms with Crippen LogP contribution >= 0.6 is 0 Å². The van der Waals surface area contributed by atoms with Gasteiger partial charge < -0.3 is 10.1 Å². The highest BCUT2D eigenvalue weighted by Crippen LogP contribution is 2.32. The van der Waals surface area contributed by atoms with E-state index in [1.807, 2.05) is 0 Å². The van der Waals surface area contributed by atoms with Gasteiger partial charge in [-0.2, -0.15) is 0 Å². The predicted molar refractivity (Wildman–Crippen MR) is 86.7 cm³/mol. The van der Waals surface area contributed by atoms with Gasteiger partial charge in [-0.05, 0) is 42.2 Å². The van der Waals surface area contributed by atoms with Crippen molar-refractivity contribution in [1.82, 2.24) is 0 Å². The van der Waals surface area contributed by atoms with Crippen molar-refractivity contribution < 1.29 is 4.74 Å². The van der Waals surface area contributed by atoms with Crippen LogP contribution < -0.4 is 5.32 Å². The quantitative estimate of drug-likeness (QED) is 0.824. The lowest BCUT2D eigenvalue weighted by Crippen LogP contribution is -2.27. The lowest BCUT2D eigenvalue weighted by atomic mass is 9.92. The minimum absolute atomic E-state index is 0.379. The van der Waals surface area contributed by atoms with E-state index in [4.69, 9.17) is 4.74 Å². The van der Waals surface area contributed by atoms with Gasteiger partial charge in [-0.3, -0.25) is 0 Å². The predicted octanol–water partition coefficient (Wildman–Crippen LogP) is 4.91. The third kappa shape index (κ3) is 3.76. The zero-order valence-corrected chi connectivity index (χ0v) is 13.4. The van der Waals surface area contributed by atoms with E-state index >= 15 is 0 Å². The van der Waals surface area contributed by atoms with Crippen LogP contribution in [0.5, 0.6) is 0 Å². The summed E-state index contributed by atoms with van der Waals surface area (Å²) in [4.78, 5) is 0. The molecule has 112 valence electrons. The molecule has 1 heterocycles. The second-order valence-corrected chi connectivity index (χ2v) is 6.49. The molecule has 1 aliphatic heterocycles. The van der Waals surface area contributed by atoms with Gasteiger partial charge >= 0.3 is 0 Å². The highest BCUT2D eigenvalue weighted by atomic mass is 16.5. The Morgan fingerprint density at radius 3 is 2.25 bits per heavy atom. The Labute approximate surface area is 123 Å². The van der Waals surface area contributed by atoms with Crippen molar-refractivity contribution in [3.05, 3.63) is 29.3 Å². The van der Waals surface area contributed by atoms with Crippen molar-refractivity contribution >= 4 is 5.69 Å². The monoisotopic (exact) mass is 275 g/mol. The average Bonchev–Trinajstić information content (AvgIpc) is 2.45. The lowest BCUT2D eigenvalue weighted by molar-refractivity contribution is 0.0247. The van der Waals surface area contributed by atoms with Crippen LogP contribution in [-0.2, 0) is 4.74 Å². The molecule has 1 unspecified atom stereocenters. The fourth-order valence-electron chi connectivity index (χ4n) is 2.94. The molecule has 0 saturated carbocycles. The SMILES string of the molecule is CC(C)c1cccc(C(C)C)c1NCC1CCCCO1. The van der Waals surface area contributed by atoms with Crippen molar-refractivity contribution in [3.63, 3.8) is 0 Å². The summed E-state index contributed by atoms with van der Waals surface area (Å²) >= 11 is 0. The first-order valence-corrected chi connectivity index (χ1v) is 8.08. The van der Waals surface area contributed by atoms with Gasteiger partial charge in [0.1, 0.15) is 0 Å². The number of hydrogen-bond donors (Lipinski definition) is 1. The molecule has 0 spiro atoms. The van der Waals surface area contributed by atoms with Gasteiger partial charge in [-0.15, -0.1) is 0 Å². The smallest absolute Gasteiger partial charge is 0.0747 e. The molecule has 1 fully saturated rings. The number of para-hydroxylation sites is 1. The minimum Gasteiger partial charge on any atom is -0.382 e. The average molecular weight is 275 g/mol. The van der Waals surface area contributed by atoms with E-state index < -0.39 is 0 Å². The Balaban J connectivity index is 2.14. The Bertz CT molecular complexity index is 393. The summed E-state index contributed by atoms with van der Waals surface area (Å²) in [5.41, 5.74) is 4.19. The first kappa shape index (κ1) is 15.4. The molecule has 0 aliphatic carbocycles. The molecule has 2 rings (SSSR count). The molecular formula is C18H29NO. The Hall–Kier alpha value is -1.02. The van der Waals surface area contributed by atoms with Crippen molar-refractivity contribution in [3.8, 4) is 0 Å². The highest BCUT2D eigenvalue weighted by molar-refractivity contribution is 5.60. The summed E-state index contributed by atoms with van der Waals surface area (Å²) in [6, 6.07) is 6.69. The van der Waals surface area contributed by atoms with E-state index in [9.17, 15) is 0 Å². The van der Waals surface area contributed by atoms with Gasteiger partial charge in [0.25, 0.3) is 0 Å². The lowest BCUT2D eigenvalue weighted by Gasteiger charge is -2.26. The van der Waals surface area contributed by atoms with Crippen LogP contribution in [0.2, 0.25) is 0 Å². The summed E-state index contributed by atoms with van der Waals surface area (Å²) in [5.74, 6) is 1.09. The third-order valence-electron chi connectivity index (χ3n) is 4.15. The first-order chi connectivity index (χ1) is 9.59. The van der Waals surface area contributed by atoms with E-state index in [0.29, 0.717) is 17.9 Å². The Morgan fingerprint density at radius 2 is 1.75 bits per heavy atom.